The summed E-state index contributed by atoms with van der Waals surface area (Å²) in [6.07, 6.45) is 0.357. The summed E-state index contributed by atoms with van der Waals surface area (Å²) in [4.78, 5) is 3.15. The molecule has 0 aliphatic heterocycles. The highest BCUT2D eigenvalue weighted by Gasteiger charge is 2.18. The van der Waals surface area contributed by atoms with E-state index in [1.54, 1.807) is 13.8 Å². The van der Waals surface area contributed by atoms with E-state index in [1.807, 2.05) is 6.07 Å². The van der Waals surface area contributed by atoms with Crippen LogP contribution in [-0.2, 0) is 9.47 Å². The Kier molecular flexibility index (Phi) is 5.88. The van der Waals surface area contributed by atoms with Gasteiger partial charge >= 0.3 is 0 Å². The number of rotatable bonds is 6. The van der Waals surface area contributed by atoms with Crippen molar-refractivity contribution in [1.29, 1.82) is 5.26 Å². The minimum absolute atomic E-state index is 0.338. The van der Waals surface area contributed by atoms with Gasteiger partial charge in [-0.2, -0.15) is 5.26 Å². The second kappa shape index (κ2) is 6.42. The fourth-order valence-corrected chi connectivity index (χ4v) is 0.721. The molecule has 0 aromatic carbocycles. The lowest BCUT2D eigenvalue weighted by Crippen LogP contribution is -2.29. The fraction of sp³-hybridized carbons (Fsp3) is 0.778. The molecular formula is C9H14N2O2. The smallest absolute Gasteiger partial charge is 0.237 e. The van der Waals surface area contributed by atoms with Gasteiger partial charge in [0.05, 0.1) is 19.1 Å². The zero-order chi connectivity index (χ0) is 10.2. The molecule has 0 amide bonds. The molecule has 0 fully saturated rings. The molecule has 0 radical (unpaired) electrons. The second-order valence-corrected chi connectivity index (χ2v) is 2.89. The number of nitriles is 1. The zero-order valence-corrected chi connectivity index (χ0v) is 8.04. The van der Waals surface area contributed by atoms with Crippen LogP contribution in [0.15, 0.2) is 0 Å². The maximum atomic E-state index is 8.27. The molecule has 0 spiro atoms. The summed E-state index contributed by atoms with van der Waals surface area (Å²) in [5, 5.41) is 8.27. The number of hydrogen-bond acceptors (Lipinski definition) is 3. The maximum absolute atomic E-state index is 8.27. The molecule has 0 aromatic rings. The monoisotopic (exact) mass is 182 g/mol. The molecule has 0 saturated carbocycles. The topological polar surface area (TPSA) is 46.6 Å². The van der Waals surface area contributed by atoms with Crippen molar-refractivity contribution in [2.24, 2.45) is 0 Å². The number of nitrogens with zero attached hydrogens (tertiary/aromatic N) is 2. The average Bonchev–Trinajstić information content (AvgIpc) is 2.05. The lowest BCUT2D eigenvalue weighted by Gasteiger charge is -2.24. The Hall–Kier alpha value is -1.10. The van der Waals surface area contributed by atoms with E-state index in [0.29, 0.717) is 26.2 Å². The third-order valence-electron chi connectivity index (χ3n) is 1.32. The third kappa shape index (κ3) is 7.27. The quantitative estimate of drug-likeness (QED) is 0.356. The number of ether oxygens (including phenoxy) is 2. The van der Waals surface area contributed by atoms with Gasteiger partial charge in [-0.3, -0.25) is 0 Å². The zero-order valence-electron chi connectivity index (χ0n) is 8.04. The minimum Gasteiger partial charge on any atom is -0.349 e. The standard InChI is InChI=1S/C9H14N2O2/c1-9(2,12-7-4-5-10)13-8-6-11-3/h4,6-8H2,1-2H3. The van der Waals surface area contributed by atoms with E-state index in [0.717, 1.165) is 0 Å². The van der Waals surface area contributed by atoms with Crippen LogP contribution < -0.4 is 0 Å². The van der Waals surface area contributed by atoms with E-state index in [9.17, 15) is 0 Å². The summed E-state index contributed by atoms with van der Waals surface area (Å²) in [7, 11) is 0. The normalized spacial score (nSPS) is 10.5. The fourth-order valence-electron chi connectivity index (χ4n) is 0.721. The minimum atomic E-state index is -0.693. The van der Waals surface area contributed by atoms with Crippen LogP contribution in [0.2, 0.25) is 0 Å². The highest BCUT2D eigenvalue weighted by atomic mass is 16.7. The van der Waals surface area contributed by atoms with Crippen LogP contribution in [0.4, 0.5) is 0 Å². The van der Waals surface area contributed by atoms with Gasteiger partial charge in [0.15, 0.2) is 5.79 Å². The van der Waals surface area contributed by atoms with Crippen LogP contribution in [0.5, 0.6) is 0 Å². The SMILES string of the molecule is [C-]#[N+]CCOC(C)(C)OCCC#N. The van der Waals surface area contributed by atoms with Crippen LogP contribution in [0.25, 0.3) is 4.85 Å². The molecular weight excluding hydrogens is 168 g/mol. The average molecular weight is 182 g/mol. The Morgan fingerprint density at radius 2 is 2.00 bits per heavy atom. The Bertz CT molecular complexity index is 191. The molecule has 0 heterocycles. The Morgan fingerprint density at radius 1 is 1.38 bits per heavy atom. The molecule has 4 heteroatoms. The van der Waals surface area contributed by atoms with Crippen molar-refractivity contribution in [1.82, 2.24) is 0 Å². The van der Waals surface area contributed by atoms with Crippen molar-refractivity contribution in [3.8, 4) is 6.07 Å². The van der Waals surface area contributed by atoms with E-state index in [-0.39, 0.29) is 0 Å². The highest BCUT2D eigenvalue weighted by molar-refractivity contribution is 4.68. The van der Waals surface area contributed by atoms with Gasteiger partial charge in [0.25, 0.3) is 0 Å². The van der Waals surface area contributed by atoms with Gasteiger partial charge < -0.3 is 14.3 Å². The Morgan fingerprint density at radius 3 is 2.54 bits per heavy atom. The third-order valence-corrected chi connectivity index (χ3v) is 1.32. The lowest BCUT2D eigenvalue weighted by molar-refractivity contribution is -0.209. The molecule has 0 unspecified atom stereocenters. The molecule has 0 aliphatic carbocycles. The summed E-state index contributed by atoms with van der Waals surface area (Å²) in [5.74, 6) is -0.693. The molecule has 0 aliphatic rings. The van der Waals surface area contributed by atoms with E-state index < -0.39 is 5.79 Å². The largest absolute Gasteiger partial charge is 0.349 e. The summed E-state index contributed by atoms with van der Waals surface area (Å²) < 4.78 is 10.5. The van der Waals surface area contributed by atoms with E-state index >= 15 is 0 Å². The summed E-state index contributed by atoms with van der Waals surface area (Å²) in [6.45, 7) is 11.1. The van der Waals surface area contributed by atoms with Gasteiger partial charge in [0, 0.05) is 0 Å². The van der Waals surface area contributed by atoms with Gasteiger partial charge in [-0.1, -0.05) is 0 Å². The first-order valence-corrected chi connectivity index (χ1v) is 4.10. The van der Waals surface area contributed by atoms with Crippen LogP contribution >= 0.6 is 0 Å². The van der Waals surface area contributed by atoms with Crippen molar-refractivity contribution in [3.05, 3.63) is 11.4 Å². The van der Waals surface area contributed by atoms with E-state index in [1.165, 1.54) is 0 Å². The van der Waals surface area contributed by atoms with Gasteiger partial charge in [0.1, 0.15) is 6.61 Å². The predicted octanol–water partition coefficient (Wildman–Crippen LogP) is 1.59. The van der Waals surface area contributed by atoms with Crippen LogP contribution in [0.1, 0.15) is 20.3 Å². The molecule has 0 atom stereocenters. The molecule has 0 N–H and O–H groups in total. The molecule has 72 valence electrons. The van der Waals surface area contributed by atoms with Gasteiger partial charge in [0.2, 0.25) is 6.54 Å². The van der Waals surface area contributed by atoms with E-state index in [2.05, 4.69) is 4.85 Å². The molecule has 0 saturated heterocycles. The van der Waals surface area contributed by atoms with Crippen LogP contribution in [-0.4, -0.2) is 25.5 Å². The van der Waals surface area contributed by atoms with E-state index in [4.69, 9.17) is 21.3 Å². The second-order valence-electron chi connectivity index (χ2n) is 2.89. The van der Waals surface area contributed by atoms with Crippen molar-refractivity contribution >= 4 is 0 Å². The molecule has 4 nitrogen and oxygen atoms in total. The van der Waals surface area contributed by atoms with Gasteiger partial charge in [-0.05, 0) is 13.8 Å². The van der Waals surface area contributed by atoms with Crippen molar-refractivity contribution in [2.45, 2.75) is 26.1 Å². The maximum Gasteiger partial charge on any atom is 0.237 e. The van der Waals surface area contributed by atoms with Crippen molar-refractivity contribution in [3.63, 3.8) is 0 Å². The molecule has 0 bridgehead atoms. The van der Waals surface area contributed by atoms with Crippen molar-refractivity contribution in [2.75, 3.05) is 19.8 Å². The Labute approximate surface area is 78.9 Å². The number of hydrogen-bond donors (Lipinski definition) is 0. The first-order chi connectivity index (χ1) is 6.12. The summed E-state index contributed by atoms with van der Waals surface area (Å²) >= 11 is 0. The van der Waals surface area contributed by atoms with Gasteiger partial charge in [-0.15, -0.1) is 0 Å². The summed E-state index contributed by atoms with van der Waals surface area (Å²) in [6, 6.07) is 1.98. The highest BCUT2D eigenvalue weighted by Crippen LogP contribution is 2.10. The lowest BCUT2D eigenvalue weighted by atomic mass is 10.4. The molecule has 13 heavy (non-hydrogen) atoms. The van der Waals surface area contributed by atoms with Gasteiger partial charge in [-0.25, -0.2) is 6.57 Å². The first-order valence-electron chi connectivity index (χ1n) is 4.10. The molecule has 0 rings (SSSR count). The van der Waals surface area contributed by atoms with Crippen LogP contribution in [0, 0.1) is 17.9 Å². The predicted molar refractivity (Wildman–Crippen MR) is 47.7 cm³/mol. The summed E-state index contributed by atoms with van der Waals surface area (Å²) in [5.41, 5.74) is 0. The van der Waals surface area contributed by atoms with Crippen molar-refractivity contribution < 1.29 is 9.47 Å². The van der Waals surface area contributed by atoms with Crippen LogP contribution in [0.3, 0.4) is 0 Å². The Balaban J connectivity index is 3.56. The molecule has 0 aromatic heterocycles. The first kappa shape index (κ1) is 11.9.